The summed E-state index contributed by atoms with van der Waals surface area (Å²) in [5.74, 6) is 0.727. The molecule has 0 N–H and O–H groups in total. The molecule has 0 atom stereocenters. The molecule has 0 bridgehead atoms. The van der Waals surface area contributed by atoms with Gasteiger partial charge in [0, 0.05) is 16.1 Å². The summed E-state index contributed by atoms with van der Waals surface area (Å²) in [6.07, 6.45) is 0. The Bertz CT molecular complexity index is 1210. The summed E-state index contributed by atoms with van der Waals surface area (Å²) >= 11 is 3.40. The number of rotatable bonds is 4. The molecule has 0 aliphatic rings. The number of ether oxygens (including phenoxy) is 1. The maximum atomic E-state index is 13.7. The van der Waals surface area contributed by atoms with Crippen LogP contribution >= 0.6 is 15.9 Å². The number of fused-ring (bicyclic) bond motifs is 1. The van der Waals surface area contributed by atoms with E-state index in [1.807, 2.05) is 24.3 Å². The minimum absolute atomic E-state index is 0.0956. The van der Waals surface area contributed by atoms with Crippen molar-refractivity contribution >= 4 is 26.9 Å². The van der Waals surface area contributed by atoms with Crippen molar-refractivity contribution in [2.24, 2.45) is 0 Å². The van der Waals surface area contributed by atoms with Crippen LogP contribution in [0.3, 0.4) is 0 Å². The fraction of sp³-hybridized carbons (Fsp3) is 0.0870. The summed E-state index contributed by atoms with van der Waals surface area (Å²) < 4.78 is 26.3. The molecule has 0 saturated carbocycles. The van der Waals surface area contributed by atoms with Crippen molar-refractivity contribution < 1.29 is 13.5 Å². The van der Waals surface area contributed by atoms with Gasteiger partial charge in [0.05, 0.1) is 10.9 Å². The minimum Gasteiger partial charge on any atom is -0.489 e. The largest absolute Gasteiger partial charge is 0.489 e. The van der Waals surface area contributed by atoms with E-state index in [1.165, 1.54) is 6.07 Å². The van der Waals surface area contributed by atoms with Crippen molar-refractivity contribution in [2.45, 2.75) is 13.5 Å². The van der Waals surface area contributed by atoms with Crippen molar-refractivity contribution in [3.63, 3.8) is 0 Å². The predicted octanol–water partition coefficient (Wildman–Crippen LogP) is 6.25. The van der Waals surface area contributed by atoms with Gasteiger partial charge in [-0.3, -0.25) is 4.79 Å². The molecule has 0 fully saturated rings. The average molecular weight is 439 g/mol. The first-order valence-corrected chi connectivity index (χ1v) is 9.52. The Morgan fingerprint density at radius 3 is 2.54 bits per heavy atom. The van der Waals surface area contributed by atoms with Gasteiger partial charge in [-0.15, -0.1) is 0 Å². The molecule has 0 radical (unpaired) electrons. The van der Waals surface area contributed by atoms with Gasteiger partial charge < -0.3 is 9.15 Å². The maximum absolute atomic E-state index is 13.7. The molecule has 4 rings (SSSR count). The topological polar surface area (TPSA) is 39.4 Å². The Morgan fingerprint density at radius 1 is 1.04 bits per heavy atom. The van der Waals surface area contributed by atoms with Gasteiger partial charge in [0.1, 0.15) is 29.5 Å². The smallest absolute Gasteiger partial charge is 0.200 e. The molecule has 5 heteroatoms. The molecule has 0 aliphatic carbocycles. The van der Waals surface area contributed by atoms with Gasteiger partial charge in [0.2, 0.25) is 5.43 Å². The van der Waals surface area contributed by atoms with E-state index in [9.17, 15) is 9.18 Å². The van der Waals surface area contributed by atoms with Crippen molar-refractivity contribution in [3.8, 4) is 16.9 Å². The predicted molar refractivity (Wildman–Crippen MR) is 111 cm³/mol. The van der Waals surface area contributed by atoms with Crippen LogP contribution in [0.1, 0.15) is 11.3 Å². The van der Waals surface area contributed by atoms with Gasteiger partial charge >= 0.3 is 0 Å². The lowest BCUT2D eigenvalue weighted by atomic mass is 10.0. The Labute approximate surface area is 169 Å². The van der Waals surface area contributed by atoms with Gasteiger partial charge in [0.15, 0.2) is 0 Å². The zero-order valence-electron chi connectivity index (χ0n) is 15.0. The van der Waals surface area contributed by atoms with Gasteiger partial charge in [0.25, 0.3) is 0 Å². The molecule has 0 saturated heterocycles. The highest BCUT2D eigenvalue weighted by atomic mass is 79.9. The minimum atomic E-state index is -0.315. The summed E-state index contributed by atoms with van der Waals surface area (Å²) in [7, 11) is 0. The number of halogens is 2. The monoisotopic (exact) mass is 438 g/mol. The van der Waals surface area contributed by atoms with Crippen molar-refractivity contribution in [1.82, 2.24) is 0 Å². The van der Waals surface area contributed by atoms with Crippen LogP contribution in [0.15, 0.2) is 80.4 Å². The van der Waals surface area contributed by atoms with Crippen LogP contribution in [-0.2, 0) is 6.61 Å². The van der Waals surface area contributed by atoms with Crippen LogP contribution in [0, 0.1) is 12.7 Å². The Morgan fingerprint density at radius 2 is 1.79 bits per heavy atom. The summed E-state index contributed by atoms with van der Waals surface area (Å²) in [5.41, 5.74) is 2.15. The quantitative estimate of drug-likeness (QED) is 0.378. The third-order valence-corrected chi connectivity index (χ3v) is 5.05. The van der Waals surface area contributed by atoms with E-state index in [1.54, 1.807) is 43.3 Å². The van der Waals surface area contributed by atoms with E-state index in [0.717, 1.165) is 10.0 Å². The molecule has 1 aromatic heterocycles. The highest BCUT2D eigenvalue weighted by Crippen LogP contribution is 2.27. The van der Waals surface area contributed by atoms with Gasteiger partial charge in [-0.25, -0.2) is 4.39 Å². The van der Waals surface area contributed by atoms with Crippen LogP contribution in [-0.4, -0.2) is 0 Å². The molecule has 0 unspecified atom stereocenters. The van der Waals surface area contributed by atoms with E-state index in [4.69, 9.17) is 9.15 Å². The van der Waals surface area contributed by atoms with Gasteiger partial charge in [-0.05, 0) is 42.8 Å². The number of hydrogen-bond acceptors (Lipinski definition) is 3. The zero-order chi connectivity index (χ0) is 19.7. The van der Waals surface area contributed by atoms with Crippen molar-refractivity contribution in [2.75, 3.05) is 0 Å². The molecule has 3 nitrogen and oxygen atoms in total. The van der Waals surface area contributed by atoms with E-state index in [2.05, 4.69) is 15.9 Å². The van der Waals surface area contributed by atoms with Crippen LogP contribution in [0.4, 0.5) is 4.39 Å². The second-order valence-corrected chi connectivity index (χ2v) is 7.32. The van der Waals surface area contributed by atoms with Crippen molar-refractivity contribution in [1.29, 1.82) is 0 Å². The average Bonchev–Trinajstić information content (AvgIpc) is 2.68. The highest BCUT2D eigenvalue weighted by Gasteiger charge is 2.14. The normalized spacial score (nSPS) is 11.0. The van der Waals surface area contributed by atoms with Crippen LogP contribution in [0.2, 0.25) is 0 Å². The third kappa shape index (κ3) is 3.58. The number of hydrogen-bond donors (Lipinski definition) is 0. The second kappa shape index (κ2) is 7.60. The third-order valence-electron chi connectivity index (χ3n) is 4.52. The Balaban J connectivity index is 1.69. The van der Waals surface area contributed by atoms with Crippen LogP contribution in [0.25, 0.3) is 22.1 Å². The van der Waals surface area contributed by atoms with Gasteiger partial charge in [-0.1, -0.05) is 46.3 Å². The molecule has 0 amide bonds. The van der Waals surface area contributed by atoms with Gasteiger partial charge in [-0.2, -0.15) is 0 Å². The summed E-state index contributed by atoms with van der Waals surface area (Å²) in [5, 5.41) is 0.474. The van der Waals surface area contributed by atoms with Crippen LogP contribution in [0.5, 0.6) is 5.75 Å². The van der Waals surface area contributed by atoms with E-state index >= 15 is 0 Å². The zero-order valence-corrected chi connectivity index (χ0v) is 16.6. The fourth-order valence-electron chi connectivity index (χ4n) is 3.10. The number of aryl methyl sites for hydroxylation is 1. The molecular weight excluding hydrogens is 423 g/mol. The standard InChI is InChI=1S/C23H16BrFO3/c1-14-22(15-6-8-17(24)9-7-15)23(26)19-11-10-18(12-21(19)28-14)27-13-16-4-2-3-5-20(16)25/h2-12H,13H2,1H3. The maximum Gasteiger partial charge on any atom is 0.200 e. The second-order valence-electron chi connectivity index (χ2n) is 6.41. The molecule has 0 aliphatic heterocycles. The van der Waals surface area contributed by atoms with Crippen LogP contribution < -0.4 is 10.2 Å². The lowest BCUT2D eigenvalue weighted by Gasteiger charge is -2.10. The molecule has 1 heterocycles. The SMILES string of the molecule is Cc1oc2cc(OCc3ccccc3F)ccc2c(=O)c1-c1ccc(Br)cc1. The molecular formula is C23H16BrFO3. The van der Waals surface area contributed by atoms with Crippen molar-refractivity contribution in [3.05, 3.63) is 98.6 Å². The molecule has 0 spiro atoms. The summed E-state index contributed by atoms with van der Waals surface area (Å²) in [6, 6.07) is 19.0. The van der Waals surface area contributed by atoms with E-state index < -0.39 is 0 Å². The molecule has 4 aromatic rings. The van der Waals surface area contributed by atoms with E-state index in [0.29, 0.717) is 33.6 Å². The molecule has 140 valence electrons. The first kappa shape index (κ1) is 18.4. The summed E-state index contributed by atoms with van der Waals surface area (Å²) in [4.78, 5) is 13.0. The lowest BCUT2D eigenvalue weighted by molar-refractivity contribution is 0.300. The highest BCUT2D eigenvalue weighted by molar-refractivity contribution is 9.10. The Hall–Kier alpha value is -2.92. The summed E-state index contributed by atoms with van der Waals surface area (Å²) in [6.45, 7) is 1.86. The van der Waals surface area contributed by atoms with E-state index in [-0.39, 0.29) is 17.9 Å². The molecule has 3 aromatic carbocycles. The first-order chi connectivity index (χ1) is 13.5. The lowest BCUT2D eigenvalue weighted by Crippen LogP contribution is -2.07. The fourth-order valence-corrected chi connectivity index (χ4v) is 3.37. The Kier molecular flexibility index (Phi) is 5.01. The molecule has 28 heavy (non-hydrogen) atoms. The first-order valence-electron chi connectivity index (χ1n) is 8.72. The number of benzene rings is 3.